The number of carbonyl (C=O) groups is 1. The van der Waals surface area contributed by atoms with Crippen molar-refractivity contribution >= 4 is 11.6 Å². The number of nitrogens with zero attached hydrogens (tertiary/aromatic N) is 1. The molecule has 1 amide bonds. The van der Waals surface area contributed by atoms with Gasteiger partial charge in [-0.3, -0.25) is 4.79 Å². The molecule has 0 aliphatic heterocycles. The summed E-state index contributed by atoms with van der Waals surface area (Å²) in [5.74, 6) is -0.836. The SMILES string of the molecule is Nc1ccccc1CNC(=O)c1ccc(F)cn1. The van der Waals surface area contributed by atoms with Gasteiger partial charge in [-0.1, -0.05) is 18.2 Å². The molecule has 4 nitrogen and oxygen atoms in total. The summed E-state index contributed by atoms with van der Waals surface area (Å²) >= 11 is 0. The summed E-state index contributed by atoms with van der Waals surface area (Å²) in [7, 11) is 0. The molecule has 5 heteroatoms. The molecule has 0 aliphatic rings. The maximum atomic E-state index is 12.6. The van der Waals surface area contributed by atoms with Crippen molar-refractivity contribution in [1.29, 1.82) is 0 Å². The standard InChI is InChI=1S/C13H12FN3O/c14-10-5-6-12(16-8-10)13(18)17-7-9-3-1-2-4-11(9)15/h1-6,8H,7,15H2,(H,17,18). The number of nitrogen functional groups attached to an aromatic ring is 1. The molecule has 0 saturated carbocycles. The predicted molar refractivity (Wildman–Crippen MR) is 66.2 cm³/mol. The minimum atomic E-state index is -0.473. The molecule has 0 radical (unpaired) electrons. The Morgan fingerprint density at radius 2 is 2.06 bits per heavy atom. The molecule has 0 atom stereocenters. The van der Waals surface area contributed by atoms with Gasteiger partial charge in [0.1, 0.15) is 11.5 Å². The zero-order chi connectivity index (χ0) is 13.0. The fraction of sp³-hybridized carbons (Fsp3) is 0.0769. The number of hydrogen-bond acceptors (Lipinski definition) is 3. The number of aromatic nitrogens is 1. The van der Waals surface area contributed by atoms with E-state index in [9.17, 15) is 9.18 Å². The maximum Gasteiger partial charge on any atom is 0.270 e. The van der Waals surface area contributed by atoms with Crippen molar-refractivity contribution in [3.8, 4) is 0 Å². The lowest BCUT2D eigenvalue weighted by molar-refractivity contribution is 0.0946. The highest BCUT2D eigenvalue weighted by atomic mass is 19.1. The summed E-state index contributed by atoms with van der Waals surface area (Å²) in [6.45, 7) is 0.310. The molecular formula is C13H12FN3O. The first-order valence-electron chi connectivity index (χ1n) is 5.40. The number of nitrogens with one attached hydrogen (secondary N) is 1. The first-order valence-corrected chi connectivity index (χ1v) is 5.40. The summed E-state index contributed by atoms with van der Waals surface area (Å²) in [6.07, 6.45) is 1.01. The van der Waals surface area contributed by atoms with Crippen molar-refractivity contribution in [3.63, 3.8) is 0 Å². The van der Waals surface area contributed by atoms with Crippen molar-refractivity contribution in [2.45, 2.75) is 6.54 Å². The third-order valence-electron chi connectivity index (χ3n) is 2.45. The molecule has 0 saturated heterocycles. The minimum Gasteiger partial charge on any atom is -0.398 e. The van der Waals surface area contributed by atoms with Gasteiger partial charge in [0.25, 0.3) is 5.91 Å². The Labute approximate surface area is 104 Å². The molecule has 2 rings (SSSR count). The van der Waals surface area contributed by atoms with Gasteiger partial charge in [-0.05, 0) is 23.8 Å². The molecule has 2 aromatic rings. The average Bonchev–Trinajstić information content (AvgIpc) is 2.38. The summed E-state index contributed by atoms with van der Waals surface area (Å²) in [5.41, 5.74) is 7.36. The number of anilines is 1. The second-order valence-electron chi connectivity index (χ2n) is 3.74. The predicted octanol–water partition coefficient (Wildman–Crippen LogP) is 1.73. The van der Waals surface area contributed by atoms with Gasteiger partial charge in [-0.2, -0.15) is 0 Å². The zero-order valence-electron chi connectivity index (χ0n) is 9.56. The van der Waals surface area contributed by atoms with Crippen LogP contribution in [0.1, 0.15) is 16.1 Å². The van der Waals surface area contributed by atoms with Gasteiger partial charge >= 0.3 is 0 Å². The number of halogens is 1. The molecule has 0 unspecified atom stereocenters. The van der Waals surface area contributed by atoms with Crippen LogP contribution in [0, 0.1) is 5.82 Å². The Morgan fingerprint density at radius 3 is 2.72 bits per heavy atom. The quantitative estimate of drug-likeness (QED) is 0.809. The van der Waals surface area contributed by atoms with E-state index in [1.165, 1.54) is 12.1 Å². The third-order valence-corrected chi connectivity index (χ3v) is 2.45. The number of carbonyl (C=O) groups excluding carboxylic acids is 1. The van der Waals surface area contributed by atoms with Crippen LogP contribution in [0.5, 0.6) is 0 Å². The highest BCUT2D eigenvalue weighted by Crippen LogP contribution is 2.09. The third kappa shape index (κ3) is 2.82. The van der Waals surface area contributed by atoms with Crippen LogP contribution in [-0.2, 0) is 6.54 Å². The van der Waals surface area contributed by atoms with Gasteiger partial charge in [-0.25, -0.2) is 9.37 Å². The molecule has 1 heterocycles. The maximum absolute atomic E-state index is 12.6. The number of amides is 1. The van der Waals surface area contributed by atoms with Crippen molar-refractivity contribution < 1.29 is 9.18 Å². The number of pyridine rings is 1. The van der Waals surface area contributed by atoms with Crippen molar-refractivity contribution in [2.24, 2.45) is 0 Å². The van der Waals surface area contributed by atoms with E-state index < -0.39 is 5.82 Å². The molecular weight excluding hydrogens is 233 g/mol. The van der Waals surface area contributed by atoms with Crippen LogP contribution in [0.15, 0.2) is 42.6 Å². The van der Waals surface area contributed by atoms with E-state index >= 15 is 0 Å². The summed E-state index contributed by atoms with van der Waals surface area (Å²) in [4.78, 5) is 15.4. The minimum absolute atomic E-state index is 0.172. The van der Waals surface area contributed by atoms with E-state index in [2.05, 4.69) is 10.3 Å². The van der Waals surface area contributed by atoms with Crippen molar-refractivity contribution in [1.82, 2.24) is 10.3 Å². The van der Waals surface area contributed by atoms with Crippen LogP contribution >= 0.6 is 0 Å². The molecule has 18 heavy (non-hydrogen) atoms. The van der Waals surface area contributed by atoms with E-state index in [0.29, 0.717) is 12.2 Å². The molecule has 0 bridgehead atoms. The van der Waals surface area contributed by atoms with Gasteiger partial charge in [0, 0.05) is 12.2 Å². The molecule has 0 spiro atoms. The van der Waals surface area contributed by atoms with E-state index in [-0.39, 0.29) is 11.6 Å². The number of para-hydroxylation sites is 1. The van der Waals surface area contributed by atoms with E-state index in [4.69, 9.17) is 5.73 Å². The topological polar surface area (TPSA) is 68.0 Å². The van der Waals surface area contributed by atoms with Crippen LogP contribution in [0.2, 0.25) is 0 Å². The Hall–Kier alpha value is -2.43. The first kappa shape index (κ1) is 12.0. The molecule has 0 fully saturated rings. The van der Waals surface area contributed by atoms with Gasteiger partial charge in [0.2, 0.25) is 0 Å². The molecule has 0 aliphatic carbocycles. The van der Waals surface area contributed by atoms with E-state index in [1.807, 2.05) is 18.2 Å². The fourth-order valence-corrected chi connectivity index (χ4v) is 1.47. The highest BCUT2D eigenvalue weighted by Gasteiger charge is 2.07. The second-order valence-corrected chi connectivity index (χ2v) is 3.74. The van der Waals surface area contributed by atoms with Crippen LogP contribution in [-0.4, -0.2) is 10.9 Å². The summed E-state index contributed by atoms with van der Waals surface area (Å²) in [6, 6.07) is 9.78. The number of rotatable bonds is 3. The lowest BCUT2D eigenvalue weighted by atomic mass is 10.2. The van der Waals surface area contributed by atoms with Gasteiger partial charge in [-0.15, -0.1) is 0 Å². The molecule has 1 aromatic carbocycles. The molecule has 1 aromatic heterocycles. The lowest BCUT2D eigenvalue weighted by Crippen LogP contribution is -2.24. The van der Waals surface area contributed by atoms with Crippen molar-refractivity contribution in [3.05, 3.63) is 59.7 Å². The van der Waals surface area contributed by atoms with Gasteiger partial charge in [0.15, 0.2) is 0 Å². The van der Waals surface area contributed by atoms with Crippen LogP contribution in [0.4, 0.5) is 10.1 Å². The van der Waals surface area contributed by atoms with Gasteiger partial charge in [0.05, 0.1) is 6.20 Å². The Kier molecular flexibility index (Phi) is 3.52. The first-order chi connectivity index (χ1) is 8.66. The Bertz CT molecular complexity index is 554. The normalized spacial score (nSPS) is 10.1. The molecule has 92 valence electrons. The largest absolute Gasteiger partial charge is 0.398 e. The monoisotopic (exact) mass is 245 g/mol. The van der Waals surface area contributed by atoms with Crippen LogP contribution in [0.25, 0.3) is 0 Å². The smallest absolute Gasteiger partial charge is 0.270 e. The van der Waals surface area contributed by atoms with Crippen LogP contribution in [0.3, 0.4) is 0 Å². The average molecular weight is 245 g/mol. The molecule has 3 N–H and O–H groups in total. The lowest BCUT2D eigenvalue weighted by Gasteiger charge is -2.07. The fourth-order valence-electron chi connectivity index (χ4n) is 1.47. The highest BCUT2D eigenvalue weighted by molar-refractivity contribution is 5.92. The summed E-state index contributed by atoms with van der Waals surface area (Å²) < 4.78 is 12.6. The number of nitrogens with two attached hydrogens (primary N) is 1. The van der Waals surface area contributed by atoms with Crippen LogP contribution < -0.4 is 11.1 Å². The Morgan fingerprint density at radius 1 is 1.28 bits per heavy atom. The number of benzene rings is 1. The Balaban J connectivity index is 2.01. The number of hydrogen-bond donors (Lipinski definition) is 2. The zero-order valence-corrected chi connectivity index (χ0v) is 9.56. The van der Waals surface area contributed by atoms with Crippen molar-refractivity contribution in [2.75, 3.05) is 5.73 Å². The van der Waals surface area contributed by atoms with Gasteiger partial charge < -0.3 is 11.1 Å². The summed E-state index contributed by atoms with van der Waals surface area (Å²) in [5, 5.41) is 2.67. The second kappa shape index (κ2) is 5.27. The van der Waals surface area contributed by atoms with E-state index in [1.54, 1.807) is 6.07 Å². The van der Waals surface area contributed by atoms with E-state index in [0.717, 1.165) is 11.8 Å².